The molecule has 0 radical (unpaired) electrons. The molecule has 1 atom stereocenters. The standard InChI is InChI=1S/C25H33N3O5/c1-31-22-14-19-11-13-28(16-20(19)15-23(22)32-2)24(29)21(10-6-7-12-26)27-25(30)33-17-18-8-4-3-5-9-18/h3-5,8-9,14-15,21H,6-7,10-13,16-17,26H2,1-2H3,(H,27,30). The van der Waals surface area contributed by atoms with Crippen molar-refractivity contribution in [2.75, 3.05) is 27.3 Å². The molecule has 1 heterocycles. The first-order chi connectivity index (χ1) is 16.0. The summed E-state index contributed by atoms with van der Waals surface area (Å²) in [6.07, 6.45) is 2.13. The monoisotopic (exact) mass is 455 g/mol. The Labute approximate surface area is 195 Å². The molecule has 2 aromatic carbocycles. The Morgan fingerprint density at radius 2 is 1.76 bits per heavy atom. The molecule has 0 aromatic heterocycles. The number of hydrogen-bond donors (Lipinski definition) is 2. The third kappa shape index (κ3) is 6.61. The smallest absolute Gasteiger partial charge is 0.408 e. The molecule has 0 fully saturated rings. The van der Waals surface area contributed by atoms with Crippen LogP contribution in [0, 0.1) is 0 Å². The second-order valence-corrected chi connectivity index (χ2v) is 8.03. The topological polar surface area (TPSA) is 103 Å². The highest BCUT2D eigenvalue weighted by molar-refractivity contribution is 5.86. The van der Waals surface area contributed by atoms with Gasteiger partial charge in [0.25, 0.3) is 0 Å². The molecule has 2 amide bonds. The summed E-state index contributed by atoms with van der Waals surface area (Å²) >= 11 is 0. The van der Waals surface area contributed by atoms with E-state index in [2.05, 4.69) is 5.32 Å². The quantitative estimate of drug-likeness (QED) is 0.534. The van der Waals surface area contributed by atoms with Crippen LogP contribution in [-0.2, 0) is 29.1 Å². The largest absolute Gasteiger partial charge is 0.493 e. The zero-order valence-electron chi connectivity index (χ0n) is 19.3. The van der Waals surface area contributed by atoms with Crippen molar-refractivity contribution < 1.29 is 23.8 Å². The third-order valence-electron chi connectivity index (χ3n) is 5.78. The van der Waals surface area contributed by atoms with Gasteiger partial charge in [0, 0.05) is 13.1 Å². The fourth-order valence-corrected chi connectivity index (χ4v) is 3.95. The number of alkyl carbamates (subject to hydrolysis) is 1. The van der Waals surface area contributed by atoms with Crippen LogP contribution in [0.15, 0.2) is 42.5 Å². The van der Waals surface area contributed by atoms with Crippen molar-refractivity contribution in [1.29, 1.82) is 0 Å². The molecule has 0 saturated heterocycles. The SMILES string of the molecule is COc1cc2c(cc1OC)CN(C(=O)C(CCCCN)NC(=O)OCc1ccccc1)CC2. The molecule has 8 nitrogen and oxygen atoms in total. The average Bonchev–Trinajstić information content (AvgIpc) is 2.85. The van der Waals surface area contributed by atoms with Gasteiger partial charge in [-0.05, 0) is 61.1 Å². The number of amides is 2. The van der Waals surface area contributed by atoms with E-state index in [0.717, 1.165) is 29.5 Å². The summed E-state index contributed by atoms with van der Waals surface area (Å²) in [5, 5.41) is 2.77. The third-order valence-corrected chi connectivity index (χ3v) is 5.78. The van der Waals surface area contributed by atoms with Crippen LogP contribution >= 0.6 is 0 Å². The van der Waals surface area contributed by atoms with Crippen molar-refractivity contribution in [3.05, 3.63) is 59.2 Å². The fraction of sp³-hybridized carbons (Fsp3) is 0.440. The minimum Gasteiger partial charge on any atom is -0.493 e. The molecule has 178 valence electrons. The highest BCUT2D eigenvalue weighted by Gasteiger charge is 2.29. The molecular formula is C25H33N3O5. The number of nitrogens with two attached hydrogens (primary N) is 1. The molecule has 33 heavy (non-hydrogen) atoms. The van der Waals surface area contributed by atoms with E-state index in [9.17, 15) is 9.59 Å². The van der Waals surface area contributed by atoms with E-state index in [1.165, 1.54) is 0 Å². The van der Waals surface area contributed by atoms with Gasteiger partial charge in [-0.3, -0.25) is 4.79 Å². The van der Waals surface area contributed by atoms with Crippen molar-refractivity contribution in [3.8, 4) is 11.5 Å². The maximum Gasteiger partial charge on any atom is 0.408 e. The number of unbranched alkanes of at least 4 members (excludes halogenated alkanes) is 1. The lowest BCUT2D eigenvalue weighted by Crippen LogP contribution is -2.50. The van der Waals surface area contributed by atoms with Gasteiger partial charge in [-0.2, -0.15) is 0 Å². The molecule has 3 rings (SSSR count). The van der Waals surface area contributed by atoms with Crippen LogP contribution < -0.4 is 20.5 Å². The molecular weight excluding hydrogens is 422 g/mol. The molecule has 1 unspecified atom stereocenters. The van der Waals surface area contributed by atoms with Gasteiger partial charge in [0.15, 0.2) is 11.5 Å². The Morgan fingerprint density at radius 1 is 1.06 bits per heavy atom. The van der Waals surface area contributed by atoms with Gasteiger partial charge in [-0.25, -0.2) is 4.79 Å². The lowest BCUT2D eigenvalue weighted by atomic mass is 9.97. The maximum atomic E-state index is 13.4. The second kappa shape index (κ2) is 12.1. The number of fused-ring (bicyclic) bond motifs is 1. The summed E-state index contributed by atoms with van der Waals surface area (Å²) in [6.45, 7) is 1.70. The molecule has 0 bridgehead atoms. The Morgan fingerprint density at radius 3 is 2.42 bits per heavy atom. The van der Waals surface area contributed by atoms with Crippen molar-refractivity contribution in [2.45, 2.75) is 44.9 Å². The lowest BCUT2D eigenvalue weighted by Gasteiger charge is -2.32. The average molecular weight is 456 g/mol. The summed E-state index contributed by atoms with van der Waals surface area (Å²) < 4.78 is 16.1. The van der Waals surface area contributed by atoms with E-state index in [1.807, 2.05) is 42.5 Å². The minimum atomic E-state index is -0.665. The Hall–Kier alpha value is -3.26. The normalized spacial score (nSPS) is 13.6. The van der Waals surface area contributed by atoms with E-state index in [1.54, 1.807) is 19.1 Å². The summed E-state index contributed by atoms with van der Waals surface area (Å²) in [7, 11) is 3.20. The Bertz CT molecular complexity index is 935. The van der Waals surface area contributed by atoms with E-state index in [4.69, 9.17) is 19.9 Å². The number of carbonyl (C=O) groups is 2. The first-order valence-electron chi connectivity index (χ1n) is 11.3. The van der Waals surface area contributed by atoms with Crippen LogP contribution in [0.2, 0.25) is 0 Å². The number of ether oxygens (including phenoxy) is 3. The zero-order chi connectivity index (χ0) is 23.6. The van der Waals surface area contributed by atoms with Crippen molar-refractivity contribution in [1.82, 2.24) is 10.2 Å². The van der Waals surface area contributed by atoms with Gasteiger partial charge in [0.05, 0.1) is 14.2 Å². The van der Waals surface area contributed by atoms with Gasteiger partial charge in [0.1, 0.15) is 12.6 Å². The number of hydrogen-bond acceptors (Lipinski definition) is 6. The van der Waals surface area contributed by atoms with Crippen LogP contribution in [0.5, 0.6) is 11.5 Å². The van der Waals surface area contributed by atoms with Gasteiger partial charge in [-0.1, -0.05) is 30.3 Å². The van der Waals surface area contributed by atoms with E-state index < -0.39 is 12.1 Å². The summed E-state index contributed by atoms with van der Waals surface area (Å²) in [6, 6.07) is 12.6. The summed E-state index contributed by atoms with van der Waals surface area (Å²) in [5.41, 5.74) is 8.65. The molecule has 0 spiro atoms. The predicted octanol–water partition coefficient (Wildman–Crippen LogP) is 3.01. The second-order valence-electron chi connectivity index (χ2n) is 8.03. The van der Waals surface area contributed by atoms with Crippen molar-refractivity contribution >= 4 is 12.0 Å². The number of nitrogens with zero attached hydrogens (tertiary/aromatic N) is 1. The van der Waals surface area contributed by atoms with Crippen LogP contribution in [0.1, 0.15) is 36.0 Å². The molecule has 2 aromatic rings. The first kappa shape index (κ1) is 24.4. The van der Waals surface area contributed by atoms with Gasteiger partial charge >= 0.3 is 6.09 Å². The maximum absolute atomic E-state index is 13.4. The number of benzene rings is 2. The van der Waals surface area contributed by atoms with E-state index in [0.29, 0.717) is 44.0 Å². The first-order valence-corrected chi connectivity index (χ1v) is 11.3. The minimum absolute atomic E-state index is 0.121. The van der Waals surface area contributed by atoms with Crippen molar-refractivity contribution in [3.63, 3.8) is 0 Å². The summed E-state index contributed by atoms with van der Waals surface area (Å²) in [4.78, 5) is 27.6. The van der Waals surface area contributed by atoms with Crippen LogP contribution in [0.25, 0.3) is 0 Å². The molecule has 1 aliphatic rings. The van der Waals surface area contributed by atoms with Gasteiger partial charge in [0.2, 0.25) is 5.91 Å². The highest BCUT2D eigenvalue weighted by atomic mass is 16.5. The van der Waals surface area contributed by atoms with Gasteiger partial charge < -0.3 is 30.2 Å². The number of methoxy groups -OCH3 is 2. The number of rotatable bonds is 10. The number of carbonyl (C=O) groups excluding carboxylic acids is 2. The Balaban J connectivity index is 1.66. The fourth-order valence-electron chi connectivity index (χ4n) is 3.95. The predicted molar refractivity (Wildman–Crippen MR) is 125 cm³/mol. The molecule has 0 aliphatic carbocycles. The molecule has 1 aliphatic heterocycles. The van der Waals surface area contributed by atoms with Crippen LogP contribution in [-0.4, -0.2) is 50.3 Å². The van der Waals surface area contributed by atoms with Gasteiger partial charge in [-0.15, -0.1) is 0 Å². The lowest BCUT2D eigenvalue weighted by molar-refractivity contribution is -0.134. The molecule has 0 saturated carbocycles. The van der Waals surface area contributed by atoms with E-state index in [-0.39, 0.29) is 12.5 Å². The summed E-state index contributed by atoms with van der Waals surface area (Å²) in [5.74, 6) is 1.19. The number of nitrogens with one attached hydrogen (secondary N) is 1. The highest BCUT2D eigenvalue weighted by Crippen LogP contribution is 2.33. The van der Waals surface area contributed by atoms with Crippen LogP contribution in [0.4, 0.5) is 4.79 Å². The Kier molecular flexibility index (Phi) is 8.95. The molecule has 3 N–H and O–H groups in total. The van der Waals surface area contributed by atoms with Crippen LogP contribution in [0.3, 0.4) is 0 Å². The van der Waals surface area contributed by atoms with Crippen molar-refractivity contribution in [2.24, 2.45) is 5.73 Å². The van der Waals surface area contributed by atoms with E-state index >= 15 is 0 Å². The molecule has 8 heteroatoms. The zero-order valence-corrected chi connectivity index (χ0v) is 19.3.